The number of aliphatic hydroxyl groups is 1. The molecule has 0 amide bonds. The zero-order valence-corrected chi connectivity index (χ0v) is 9.08. The largest absolute Gasteiger partial charge is 0.573 e. The number of hydrogen-bond donors (Lipinski definition) is 1. The van der Waals surface area contributed by atoms with Gasteiger partial charge in [-0.3, -0.25) is 0 Å². The fourth-order valence-corrected chi connectivity index (χ4v) is 1.21. The van der Waals surface area contributed by atoms with Crippen LogP contribution in [0.25, 0.3) is 0 Å². The van der Waals surface area contributed by atoms with E-state index in [1.54, 1.807) is 6.92 Å². The predicted octanol–water partition coefficient (Wildman–Crippen LogP) is 3.03. The van der Waals surface area contributed by atoms with E-state index in [1.807, 2.05) is 0 Å². The number of ether oxygens (including phenoxy) is 1. The summed E-state index contributed by atoms with van der Waals surface area (Å²) in [4.78, 5) is 0. The van der Waals surface area contributed by atoms with E-state index in [-0.39, 0.29) is 12.2 Å². The minimum absolute atomic E-state index is 0.246. The molecule has 0 aliphatic heterocycles. The molecule has 0 aliphatic carbocycles. The number of halogens is 3. The molecule has 2 nitrogen and oxygen atoms in total. The number of benzene rings is 1. The number of aliphatic hydroxyl groups excluding tert-OH is 1. The Morgan fingerprint density at radius 3 is 2.35 bits per heavy atom. The maximum absolute atomic E-state index is 11.9. The van der Waals surface area contributed by atoms with Crippen molar-refractivity contribution < 1.29 is 23.0 Å². The molecule has 5 heteroatoms. The molecule has 1 aromatic carbocycles. The number of alkyl halides is 3. The maximum atomic E-state index is 11.9. The lowest BCUT2D eigenvalue weighted by molar-refractivity contribution is -0.274. The Bertz CT molecular complexity index is 412. The van der Waals surface area contributed by atoms with Crippen LogP contribution in [0, 0.1) is 11.8 Å². The minimum atomic E-state index is -4.70. The van der Waals surface area contributed by atoms with Gasteiger partial charge in [-0.15, -0.1) is 25.0 Å². The van der Waals surface area contributed by atoms with Crippen LogP contribution in [0.3, 0.4) is 0 Å². The van der Waals surface area contributed by atoms with Crippen molar-refractivity contribution in [3.8, 4) is 17.6 Å². The Morgan fingerprint density at radius 2 is 1.88 bits per heavy atom. The molecule has 0 heterocycles. The fraction of sp³-hybridized carbons (Fsp3) is 0.333. The zero-order chi connectivity index (χ0) is 12.9. The van der Waals surface area contributed by atoms with E-state index in [4.69, 9.17) is 0 Å². The van der Waals surface area contributed by atoms with Gasteiger partial charge in [0.2, 0.25) is 0 Å². The second-order valence-electron chi connectivity index (χ2n) is 3.26. The van der Waals surface area contributed by atoms with Crippen LogP contribution in [0.15, 0.2) is 24.3 Å². The van der Waals surface area contributed by atoms with Gasteiger partial charge in [-0.1, -0.05) is 12.1 Å². The van der Waals surface area contributed by atoms with E-state index in [0.717, 1.165) is 12.1 Å². The predicted molar refractivity (Wildman–Crippen MR) is 56.2 cm³/mol. The number of hydrogen-bond acceptors (Lipinski definition) is 2. The van der Waals surface area contributed by atoms with Gasteiger partial charge in [0.15, 0.2) is 0 Å². The SMILES string of the molecule is CC#CCC(O)c1ccc(OC(F)(F)F)cc1. The van der Waals surface area contributed by atoms with E-state index in [0.29, 0.717) is 5.56 Å². The number of rotatable bonds is 3. The highest BCUT2D eigenvalue weighted by Crippen LogP contribution is 2.25. The molecule has 1 atom stereocenters. The summed E-state index contributed by atoms with van der Waals surface area (Å²) in [5.74, 6) is 5.01. The molecular formula is C12H11F3O2. The fourth-order valence-electron chi connectivity index (χ4n) is 1.21. The van der Waals surface area contributed by atoms with Crippen molar-refractivity contribution in [1.29, 1.82) is 0 Å². The van der Waals surface area contributed by atoms with Crippen LogP contribution in [0.4, 0.5) is 13.2 Å². The molecular weight excluding hydrogens is 233 g/mol. The van der Waals surface area contributed by atoms with Crippen LogP contribution in [-0.2, 0) is 0 Å². The first-order valence-corrected chi connectivity index (χ1v) is 4.86. The van der Waals surface area contributed by atoms with Crippen LogP contribution in [0.5, 0.6) is 5.75 Å². The van der Waals surface area contributed by atoms with Crippen LogP contribution in [0.1, 0.15) is 25.0 Å². The third-order valence-corrected chi connectivity index (χ3v) is 1.97. The Kier molecular flexibility index (Phi) is 4.41. The molecule has 1 aromatic rings. The monoisotopic (exact) mass is 244 g/mol. The third kappa shape index (κ3) is 4.79. The highest BCUT2D eigenvalue weighted by Gasteiger charge is 2.30. The van der Waals surface area contributed by atoms with Crippen molar-refractivity contribution in [2.24, 2.45) is 0 Å². The van der Waals surface area contributed by atoms with Gasteiger partial charge in [0.25, 0.3) is 0 Å². The highest BCUT2D eigenvalue weighted by atomic mass is 19.4. The third-order valence-electron chi connectivity index (χ3n) is 1.97. The molecule has 17 heavy (non-hydrogen) atoms. The molecule has 0 spiro atoms. The Labute approximate surface area is 97.0 Å². The molecule has 0 aliphatic rings. The quantitative estimate of drug-likeness (QED) is 0.828. The van der Waals surface area contributed by atoms with Crippen molar-refractivity contribution in [2.75, 3.05) is 0 Å². The summed E-state index contributed by atoms with van der Waals surface area (Å²) in [7, 11) is 0. The summed E-state index contributed by atoms with van der Waals surface area (Å²) in [6.45, 7) is 1.65. The van der Waals surface area contributed by atoms with Gasteiger partial charge in [-0.05, 0) is 24.6 Å². The molecule has 92 valence electrons. The normalized spacial score (nSPS) is 12.5. The van der Waals surface area contributed by atoms with Crippen LogP contribution >= 0.6 is 0 Å². The van der Waals surface area contributed by atoms with Gasteiger partial charge in [0.05, 0.1) is 6.10 Å². The first-order chi connectivity index (χ1) is 7.92. The van der Waals surface area contributed by atoms with Crippen LogP contribution in [-0.4, -0.2) is 11.5 Å². The van der Waals surface area contributed by atoms with Crippen molar-refractivity contribution in [3.05, 3.63) is 29.8 Å². The second kappa shape index (κ2) is 5.60. The smallest absolute Gasteiger partial charge is 0.406 e. The minimum Gasteiger partial charge on any atom is -0.406 e. The van der Waals surface area contributed by atoms with E-state index < -0.39 is 12.5 Å². The standard InChI is InChI=1S/C12H11F3O2/c1-2-3-4-11(16)9-5-7-10(8-6-9)17-12(13,14)15/h5-8,11,16H,4H2,1H3. The molecule has 1 rings (SSSR count). The lowest BCUT2D eigenvalue weighted by Gasteiger charge is -2.11. The first-order valence-electron chi connectivity index (χ1n) is 4.86. The molecule has 0 saturated carbocycles. The van der Waals surface area contributed by atoms with Crippen molar-refractivity contribution in [1.82, 2.24) is 0 Å². The average molecular weight is 244 g/mol. The van der Waals surface area contributed by atoms with Crippen molar-refractivity contribution >= 4 is 0 Å². The van der Waals surface area contributed by atoms with E-state index in [2.05, 4.69) is 16.6 Å². The van der Waals surface area contributed by atoms with Crippen LogP contribution < -0.4 is 4.74 Å². The maximum Gasteiger partial charge on any atom is 0.573 e. The zero-order valence-electron chi connectivity index (χ0n) is 9.08. The molecule has 1 N–H and O–H groups in total. The van der Waals surface area contributed by atoms with Gasteiger partial charge in [0, 0.05) is 6.42 Å². The second-order valence-corrected chi connectivity index (χ2v) is 3.26. The molecule has 0 bridgehead atoms. The van der Waals surface area contributed by atoms with Crippen molar-refractivity contribution in [3.63, 3.8) is 0 Å². The Balaban J connectivity index is 2.69. The van der Waals surface area contributed by atoms with Gasteiger partial charge >= 0.3 is 6.36 Å². The molecule has 1 unspecified atom stereocenters. The lowest BCUT2D eigenvalue weighted by atomic mass is 10.1. The average Bonchev–Trinajstić information content (AvgIpc) is 2.24. The Hall–Kier alpha value is -1.67. The van der Waals surface area contributed by atoms with E-state index in [9.17, 15) is 18.3 Å². The van der Waals surface area contributed by atoms with Gasteiger partial charge in [0.1, 0.15) is 5.75 Å². The summed E-state index contributed by atoms with van der Waals surface area (Å²) in [6, 6.07) is 5.07. The summed E-state index contributed by atoms with van der Waals surface area (Å²) in [6.07, 6.45) is -5.26. The lowest BCUT2D eigenvalue weighted by Crippen LogP contribution is -2.17. The molecule has 0 saturated heterocycles. The topological polar surface area (TPSA) is 29.5 Å². The van der Waals surface area contributed by atoms with Gasteiger partial charge < -0.3 is 9.84 Å². The first kappa shape index (κ1) is 13.4. The summed E-state index contributed by atoms with van der Waals surface area (Å²) in [5.41, 5.74) is 0.502. The Morgan fingerprint density at radius 1 is 1.29 bits per heavy atom. The van der Waals surface area contributed by atoms with Crippen molar-refractivity contribution in [2.45, 2.75) is 25.8 Å². The summed E-state index contributed by atoms with van der Waals surface area (Å²) in [5, 5.41) is 9.61. The van der Waals surface area contributed by atoms with Crippen LogP contribution in [0.2, 0.25) is 0 Å². The van der Waals surface area contributed by atoms with E-state index >= 15 is 0 Å². The summed E-state index contributed by atoms with van der Waals surface area (Å²) < 4.78 is 39.3. The summed E-state index contributed by atoms with van der Waals surface area (Å²) >= 11 is 0. The molecule has 0 aromatic heterocycles. The highest BCUT2D eigenvalue weighted by molar-refractivity contribution is 5.29. The van der Waals surface area contributed by atoms with Gasteiger partial charge in [-0.2, -0.15) is 0 Å². The van der Waals surface area contributed by atoms with Gasteiger partial charge in [-0.25, -0.2) is 0 Å². The molecule has 0 fully saturated rings. The van der Waals surface area contributed by atoms with E-state index in [1.165, 1.54) is 12.1 Å². The molecule has 0 radical (unpaired) electrons.